The van der Waals surface area contributed by atoms with Crippen LogP contribution in [0.4, 0.5) is 5.69 Å². The van der Waals surface area contributed by atoms with Crippen molar-refractivity contribution in [3.8, 4) is 5.75 Å². The number of aryl methyl sites for hydroxylation is 3. The van der Waals surface area contributed by atoms with E-state index in [2.05, 4.69) is 5.32 Å². The Morgan fingerprint density at radius 1 is 1.00 bits per heavy atom. The van der Waals surface area contributed by atoms with E-state index in [1.807, 2.05) is 63.2 Å². The van der Waals surface area contributed by atoms with E-state index in [1.54, 1.807) is 0 Å². The number of amides is 1. The van der Waals surface area contributed by atoms with E-state index in [9.17, 15) is 9.59 Å². The summed E-state index contributed by atoms with van der Waals surface area (Å²) in [5.74, 6) is 0.0248. The minimum absolute atomic E-state index is 0.211. The molecule has 0 bridgehead atoms. The lowest BCUT2D eigenvalue weighted by atomic mass is 10.1. The molecular weight excluding hydrogens is 330 g/mol. The minimum atomic E-state index is -0.409. The van der Waals surface area contributed by atoms with Gasteiger partial charge in [0.1, 0.15) is 5.75 Å². The molecule has 2 rings (SSSR count). The number of hydrogen-bond donors (Lipinski definition) is 1. The van der Waals surface area contributed by atoms with Gasteiger partial charge in [0.05, 0.1) is 6.61 Å². The monoisotopic (exact) mass is 355 g/mol. The lowest BCUT2D eigenvalue weighted by Gasteiger charge is -2.09. The number of hydrogen-bond acceptors (Lipinski definition) is 4. The maximum atomic E-state index is 11.8. The highest BCUT2D eigenvalue weighted by atomic mass is 16.5. The van der Waals surface area contributed by atoms with E-state index in [-0.39, 0.29) is 18.9 Å². The molecule has 0 spiro atoms. The number of benzene rings is 2. The first-order valence-electron chi connectivity index (χ1n) is 8.66. The summed E-state index contributed by atoms with van der Waals surface area (Å²) >= 11 is 0. The Morgan fingerprint density at radius 3 is 2.54 bits per heavy atom. The molecular formula is C21H25NO4. The van der Waals surface area contributed by atoms with Gasteiger partial charge in [0.25, 0.3) is 5.91 Å². The second-order valence-electron chi connectivity index (χ2n) is 6.28. The van der Waals surface area contributed by atoms with Crippen LogP contribution in [0, 0.1) is 20.8 Å². The highest BCUT2D eigenvalue weighted by molar-refractivity contribution is 5.92. The number of esters is 1. The van der Waals surface area contributed by atoms with Gasteiger partial charge in [0.2, 0.25) is 0 Å². The summed E-state index contributed by atoms with van der Waals surface area (Å²) in [6.07, 6.45) is 0.744. The molecule has 0 heterocycles. The van der Waals surface area contributed by atoms with Gasteiger partial charge in [-0.1, -0.05) is 18.2 Å². The van der Waals surface area contributed by atoms with Crippen molar-refractivity contribution in [2.45, 2.75) is 33.6 Å². The van der Waals surface area contributed by atoms with Crippen molar-refractivity contribution < 1.29 is 19.1 Å². The van der Waals surface area contributed by atoms with Crippen LogP contribution in [0.2, 0.25) is 0 Å². The Morgan fingerprint density at radius 2 is 1.81 bits per heavy atom. The number of nitrogens with one attached hydrogen (secondary N) is 1. The van der Waals surface area contributed by atoms with Crippen molar-refractivity contribution in [2.75, 3.05) is 18.5 Å². The van der Waals surface area contributed by atoms with Gasteiger partial charge in [0.15, 0.2) is 6.61 Å². The first-order chi connectivity index (χ1) is 12.4. The topological polar surface area (TPSA) is 64.6 Å². The van der Waals surface area contributed by atoms with Gasteiger partial charge < -0.3 is 14.8 Å². The normalized spacial score (nSPS) is 10.3. The molecule has 1 N–H and O–H groups in total. The zero-order valence-corrected chi connectivity index (χ0v) is 15.5. The van der Waals surface area contributed by atoms with Crippen LogP contribution in [0.15, 0.2) is 42.5 Å². The lowest BCUT2D eigenvalue weighted by molar-refractivity contribution is -0.147. The fourth-order valence-electron chi connectivity index (χ4n) is 2.35. The third kappa shape index (κ3) is 6.59. The van der Waals surface area contributed by atoms with Gasteiger partial charge in [-0.2, -0.15) is 0 Å². The van der Waals surface area contributed by atoms with Gasteiger partial charge >= 0.3 is 5.97 Å². The Labute approximate surface area is 154 Å². The molecule has 26 heavy (non-hydrogen) atoms. The number of carbonyl (C=O) groups excluding carboxylic acids is 2. The Hall–Kier alpha value is -2.82. The molecule has 0 aliphatic heterocycles. The van der Waals surface area contributed by atoms with Gasteiger partial charge in [-0.25, -0.2) is 0 Å². The molecule has 0 radical (unpaired) electrons. The maximum absolute atomic E-state index is 11.8. The average molecular weight is 355 g/mol. The van der Waals surface area contributed by atoms with Crippen LogP contribution in [0.1, 0.15) is 29.5 Å². The van der Waals surface area contributed by atoms with Crippen LogP contribution in [-0.4, -0.2) is 25.1 Å². The van der Waals surface area contributed by atoms with Crippen molar-refractivity contribution >= 4 is 17.6 Å². The zero-order chi connectivity index (χ0) is 18.9. The fraction of sp³-hybridized carbons (Fsp3) is 0.333. The molecule has 138 valence electrons. The van der Waals surface area contributed by atoms with E-state index in [1.165, 1.54) is 0 Å². The summed E-state index contributed by atoms with van der Waals surface area (Å²) in [6, 6.07) is 13.4. The SMILES string of the molecule is Cc1cccc(OCCCC(=O)OCC(=O)Nc2ccc(C)c(C)c2)c1. The van der Waals surface area contributed by atoms with Gasteiger partial charge in [-0.05, 0) is 68.1 Å². The summed E-state index contributed by atoms with van der Waals surface area (Å²) in [5, 5.41) is 2.72. The third-order valence-electron chi connectivity index (χ3n) is 3.94. The Kier molecular flexibility index (Phi) is 7.21. The number of anilines is 1. The van der Waals surface area contributed by atoms with Gasteiger partial charge in [-0.3, -0.25) is 9.59 Å². The number of rotatable bonds is 8. The largest absolute Gasteiger partial charge is 0.494 e. The van der Waals surface area contributed by atoms with Crippen molar-refractivity contribution in [1.29, 1.82) is 0 Å². The summed E-state index contributed by atoms with van der Waals surface area (Å²) in [6.45, 7) is 6.11. The van der Waals surface area contributed by atoms with Crippen LogP contribution < -0.4 is 10.1 Å². The van der Waals surface area contributed by atoms with Gasteiger partial charge in [0, 0.05) is 12.1 Å². The fourth-order valence-corrected chi connectivity index (χ4v) is 2.35. The molecule has 0 fully saturated rings. The molecule has 0 aliphatic carbocycles. The van der Waals surface area contributed by atoms with E-state index >= 15 is 0 Å². The van der Waals surface area contributed by atoms with Crippen molar-refractivity contribution in [1.82, 2.24) is 0 Å². The lowest BCUT2D eigenvalue weighted by Crippen LogP contribution is -2.21. The summed E-state index contributed by atoms with van der Waals surface area (Å²) in [4.78, 5) is 23.6. The van der Waals surface area contributed by atoms with Crippen LogP contribution in [0.3, 0.4) is 0 Å². The highest BCUT2D eigenvalue weighted by Gasteiger charge is 2.08. The van der Waals surface area contributed by atoms with Crippen molar-refractivity contribution in [2.24, 2.45) is 0 Å². The zero-order valence-electron chi connectivity index (χ0n) is 15.5. The van der Waals surface area contributed by atoms with E-state index in [0.29, 0.717) is 18.7 Å². The van der Waals surface area contributed by atoms with Crippen LogP contribution in [0.25, 0.3) is 0 Å². The molecule has 5 nitrogen and oxygen atoms in total. The third-order valence-corrected chi connectivity index (χ3v) is 3.94. The maximum Gasteiger partial charge on any atom is 0.306 e. The molecule has 2 aromatic carbocycles. The number of ether oxygens (including phenoxy) is 2. The summed E-state index contributed by atoms with van der Waals surface area (Å²) in [5.41, 5.74) is 4.06. The molecule has 0 saturated carbocycles. The molecule has 0 atom stereocenters. The Bertz CT molecular complexity index is 770. The van der Waals surface area contributed by atoms with E-state index < -0.39 is 5.97 Å². The number of carbonyl (C=O) groups is 2. The average Bonchev–Trinajstić information content (AvgIpc) is 2.60. The molecule has 5 heteroatoms. The molecule has 0 aliphatic rings. The van der Waals surface area contributed by atoms with Crippen molar-refractivity contribution in [3.05, 3.63) is 59.2 Å². The van der Waals surface area contributed by atoms with Crippen LogP contribution >= 0.6 is 0 Å². The Balaban J connectivity index is 1.63. The van der Waals surface area contributed by atoms with E-state index in [4.69, 9.17) is 9.47 Å². The van der Waals surface area contributed by atoms with Crippen LogP contribution in [-0.2, 0) is 14.3 Å². The quantitative estimate of drug-likeness (QED) is 0.575. The van der Waals surface area contributed by atoms with Crippen LogP contribution in [0.5, 0.6) is 5.75 Å². The molecule has 2 aromatic rings. The second kappa shape index (κ2) is 9.61. The first kappa shape index (κ1) is 19.5. The standard InChI is InChI=1S/C21H25NO4/c1-15-6-4-7-19(12-15)25-11-5-8-21(24)26-14-20(23)22-18-10-9-16(2)17(3)13-18/h4,6-7,9-10,12-13H,5,8,11,14H2,1-3H3,(H,22,23). The highest BCUT2D eigenvalue weighted by Crippen LogP contribution is 2.14. The molecule has 0 aromatic heterocycles. The minimum Gasteiger partial charge on any atom is -0.494 e. The molecule has 0 saturated heterocycles. The predicted molar refractivity (Wildman–Crippen MR) is 101 cm³/mol. The second-order valence-corrected chi connectivity index (χ2v) is 6.28. The first-order valence-corrected chi connectivity index (χ1v) is 8.66. The van der Waals surface area contributed by atoms with Gasteiger partial charge in [-0.15, -0.1) is 0 Å². The smallest absolute Gasteiger partial charge is 0.306 e. The summed E-state index contributed by atoms with van der Waals surface area (Å²) in [7, 11) is 0. The molecule has 0 unspecified atom stereocenters. The molecule has 1 amide bonds. The summed E-state index contributed by atoms with van der Waals surface area (Å²) < 4.78 is 10.6. The predicted octanol–water partition coefficient (Wildman–Crippen LogP) is 3.95. The van der Waals surface area contributed by atoms with Crippen molar-refractivity contribution in [3.63, 3.8) is 0 Å². The van der Waals surface area contributed by atoms with E-state index in [0.717, 1.165) is 22.4 Å².